The first kappa shape index (κ1) is 16.9. The van der Waals surface area contributed by atoms with Crippen LogP contribution in [0.3, 0.4) is 0 Å². The van der Waals surface area contributed by atoms with Gasteiger partial charge in [0.25, 0.3) is 0 Å². The fourth-order valence-electron chi connectivity index (χ4n) is 2.75. The molecule has 24 heavy (non-hydrogen) atoms. The van der Waals surface area contributed by atoms with Crippen LogP contribution in [0.4, 0.5) is 0 Å². The molecule has 1 aromatic heterocycles. The molecule has 124 valence electrons. The minimum Gasteiger partial charge on any atom is -0.224 e. The molecule has 0 saturated carbocycles. The fraction of sp³-hybridized carbons (Fsp3) is 0.200. The zero-order valence-electron chi connectivity index (χ0n) is 14.3. The summed E-state index contributed by atoms with van der Waals surface area (Å²) < 4.78 is 23.3. The van der Waals surface area contributed by atoms with Crippen molar-refractivity contribution in [3.8, 4) is 21.6 Å². The number of thiophene rings is 1. The number of aryl methyl sites for hydroxylation is 2. The van der Waals surface area contributed by atoms with Crippen molar-refractivity contribution in [1.82, 2.24) is 0 Å². The Morgan fingerprint density at radius 2 is 1.33 bits per heavy atom. The van der Waals surface area contributed by atoms with Gasteiger partial charge < -0.3 is 0 Å². The Morgan fingerprint density at radius 3 is 1.88 bits per heavy atom. The number of hydrogen-bond donors (Lipinski definition) is 0. The van der Waals surface area contributed by atoms with Crippen LogP contribution in [0.25, 0.3) is 21.6 Å². The van der Waals surface area contributed by atoms with Gasteiger partial charge in [-0.1, -0.05) is 42.0 Å². The van der Waals surface area contributed by atoms with E-state index in [0.717, 1.165) is 5.56 Å². The summed E-state index contributed by atoms with van der Waals surface area (Å²) in [6, 6.07) is 15.7. The average Bonchev–Trinajstić information content (AvgIpc) is 2.83. The second kappa shape index (κ2) is 6.19. The van der Waals surface area contributed by atoms with E-state index in [9.17, 15) is 8.42 Å². The van der Waals surface area contributed by atoms with Crippen LogP contribution in [0.15, 0.2) is 53.4 Å². The molecular weight excluding hydrogens is 336 g/mol. The summed E-state index contributed by atoms with van der Waals surface area (Å²) in [5.41, 5.74) is 5.94. The largest absolute Gasteiger partial charge is 0.224 e. The van der Waals surface area contributed by atoms with Crippen LogP contribution in [-0.4, -0.2) is 14.7 Å². The molecular formula is C20H20O2S2. The number of rotatable bonds is 3. The Labute approximate surface area is 147 Å². The van der Waals surface area contributed by atoms with E-state index in [1.165, 1.54) is 38.3 Å². The van der Waals surface area contributed by atoms with Crippen LogP contribution < -0.4 is 0 Å². The van der Waals surface area contributed by atoms with E-state index in [-0.39, 0.29) is 0 Å². The molecule has 2 aromatic carbocycles. The Kier molecular flexibility index (Phi) is 4.37. The van der Waals surface area contributed by atoms with Crippen LogP contribution in [0.5, 0.6) is 0 Å². The molecule has 0 unspecified atom stereocenters. The third-order valence-corrected chi connectivity index (χ3v) is 6.66. The van der Waals surface area contributed by atoms with E-state index in [4.69, 9.17) is 0 Å². The van der Waals surface area contributed by atoms with E-state index in [0.29, 0.717) is 4.90 Å². The van der Waals surface area contributed by atoms with E-state index >= 15 is 0 Å². The molecule has 2 nitrogen and oxygen atoms in total. The van der Waals surface area contributed by atoms with Crippen molar-refractivity contribution in [3.63, 3.8) is 0 Å². The van der Waals surface area contributed by atoms with Gasteiger partial charge in [0.15, 0.2) is 9.84 Å². The summed E-state index contributed by atoms with van der Waals surface area (Å²) in [5.74, 6) is 0. The molecule has 0 amide bonds. The molecule has 3 aromatic rings. The SMILES string of the molecule is Cc1ccc(-c2sc(C)c(C)c2-c2ccc(S(C)(=O)=O)cc2)cc1. The van der Waals surface area contributed by atoms with Crippen molar-refractivity contribution in [1.29, 1.82) is 0 Å². The Bertz CT molecular complexity index is 977. The molecule has 3 rings (SSSR count). The lowest BCUT2D eigenvalue weighted by Gasteiger charge is -2.08. The molecule has 0 aliphatic carbocycles. The van der Waals surface area contributed by atoms with E-state index < -0.39 is 9.84 Å². The van der Waals surface area contributed by atoms with Crippen molar-refractivity contribution < 1.29 is 8.42 Å². The van der Waals surface area contributed by atoms with Gasteiger partial charge in [0, 0.05) is 21.6 Å². The summed E-state index contributed by atoms with van der Waals surface area (Å²) in [4.78, 5) is 2.87. The van der Waals surface area contributed by atoms with Gasteiger partial charge in [-0.2, -0.15) is 0 Å². The molecule has 4 heteroatoms. The summed E-state index contributed by atoms with van der Waals surface area (Å²) in [7, 11) is -3.17. The zero-order valence-corrected chi connectivity index (χ0v) is 15.9. The first-order valence-electron chi connectivity index (χ1n) is 7.75. The van der Waals surface area contributed by atoms with Crippen LogP contribution >= 0.6 is 11.3 Å². The van der Waals surface area contributed by atoms with E-state index in [1.54, 1.807) is 23.5 Å². The van der Waals surface area contributed by atoms with Gasteiger partial charge in [0.2, 0.25) is 0 Å². The highest BCUT2D eigenvalue weighted by Crippen LogP contribution is 2.42. The van der Waals surface area contributed by atoms with Crippen LogP contribution in [0.1, 0.15) is 16.0 Å². The first-order valence-corrected chi connectivity index (χ1v) is 10.5. The van der Waals surface area contributed by atoms with Gasteiger partial charge in [0.1, 0.15) is 0 Å². The number of hydrogen-bond acceptors (Lipinski definition) is 3. The second-order valence-electron chi connectivity index (χ2n) is 6.15. The maximum absolute atomic E-state index is 11.7. The molecule has 0 N–H and O–H groups in total. The molecule has 0 fully saturated rings. The van der Waals surface area contributed by atoms with Crippen LogP contribution in [0, 0.1) is 20.8 Å². The van der Waals surface area contributed by atoms with Gasteiger partial charge in [-0.3, -0.25) is 0 Å². The van der Waals surface area contributed by atoms with Gasteiger partial charge in [0.05, 0.1) is 4.90 Å². The van der Waals surface area contributed by atoms with E-state index in [1.807, 2.05) is 12.1 Å². The molecule has 0 radical (unpaired) electrons. The standard InChI is InChI=1S/C20H20O2S2/c1-13-5-7-17(8-6-13)20-19(14(2)15(3)23-20)16-9-11-18(12-10-16)24(4,21)22/h5-12H,1-4H3. The zero-order chi connectivity index (χ0) is 17.5. The normalized spacial score (nSPS) is 11.7. The van der Waals surface area contributed by atoms with Crippen molar-refractivity contribution in [2.75, 3.05) is 6.26 Å². The summed E-state index contributed by atoms with van der Waals surface area (Å²) in [6.45, 7) is 6.34. The summed E-state index contributed by atoms with van der Waals surface area (Å²) in [5, 5.41) is 0. The minimum absolute atomic E-state index is 0.354. The Morgan fingerprint density at radius 1 is 0.792 bits per heavy atom. The van der Waals surface area contributed by atoms with Gasteiger partial charge in [-0.25, -0.2) is 8.42 Å². The highest BCUT2D eigenvalue weighted by Gasteiger charge is 2.16. The van der Waals surface area contributed by atoms with Gasteiger partial charge in [-0.05, 0) is 49.6 Å². The Hall–Kier alpha value is -1.91. The smallest absolute Gasteiger partial charge is 0.175 e. The summed E-state index contributed by atoms with van der Waals surface area (Å²) in [6.07, 6.45) is 1.24. The lowest BCUT2D eigenvalue weighted by atomic mass is 9.98. The lowest BCUT2D eigenvalue weighted by Crippen LogP contribution is -1.96. The maximum atomic E-state index is 11.7. The molecule has 0 aliphatic rings. The lowest BCUT2D eigenvalue weighted by molar-refractivity contribution is 0.602. The number of benzene rings is 2. The van der Waals surface area contributed by atoms with E-state index in [2.05, 4.69) is 45.0 Å². The molecule has 0 aliphatic heterocycles. The van der Waals surface area contributed by atoms with Crippen molar-refractivity contribution in [2.24, 2.45) is 0 Å². The predicted molar refractivity (Wildman–Crippen MR) is 103 cm³/mol. The van der Waals surface area contributed by atoms with Crippen LogP contribution in [0.2, 0.25) is 0 Å². The molecule has 0 spiro atoms. The third-order valence-electron chi connectivity index (χ3n) is 4.27. The fourth-order valence-corrected chi connectivity index (χ4v) is 4.57. The highest BCUT2D eigenvalue weighted by atomic mass is 32.2. The molecule has 0 bridgehead atoms. The topological polar surface area (TPSA) is 34.1 Å². The predicted octanol–water partition coefficient (Wildman–Crippen LogP) is 5.41. The Balaban J connectivity index is 2.16. The molecule has 0 atom stereocenters. The van der Waals surface area contributed by atoms with Crippen molar-refractivity contribution >= 4 is 21.2 Å². The average molecular weight is 357 g/mol. The monoisotopic (exact) mass is 356 g/mol. The second-order valence-corrected chi connectivity index (χ2v) is 9.39. The minimum atomic E-state index is -3.17. The highest BCUT2D eigenvalue weighted by molar-refractivity contribution is 7.90. The van der Waals surface area contributed by atoms with Gasteiger partial charge >= 0.3 is 0 Å². The third kappa shape index (κ3) is 3.17. The first-order chi connectivity index (χ1) is 11.3. The number of sulfone groups is 1. The van der Waals surface area contributed by atoms with Crippen molar-refractivity contribution in [3.05, 3.63) is 64.5 Å². The summed E-state index contributed by atoms with van der Waals surface area (Å²) >= 11 is 1.79. The van der Waals surface area contributed by atoms with Crippen LogP contribution in [-0.2, 0) is 9.84 Å². The van der Waals surface area contributed by atoms with Crippen molar-refractivity contribution in [2.45, 2.75) is 25.7 Å². The maximum Gasteiger partial charge on any atom is 0.175 e. The van der Waals surface area contributed by atoms with Gasteiger partial charge in [-0.15, -0.1) is 11.3 Å². The molecule has 1 heterocycles. The molecule has 0 saturated heterocycles. The quantitative estimate of drug-likeness (QED) is 0.629.